The zero-order valence-corrected chi connectivity index (χ0v) is 9.10. The van der Waals surface area contributed by atoms with Crippen molar-refractivity contribution < 1.29 is 9.53 Å². The Labute approximate surface area is 103 Å². The van der Waals surface area contributed by atoms with Gasteiger partial charge in [-0.05, 0) is 17.9 Å². The molecule has 4 heteroatoms. The van der Waals surface area contributed by atoms with Crippen molar-refractivity contribution in [1.82, 2.24) is 5.32 Å². The van der Waals surface area contributed by atoms with Crippen LogP contribution < -0.4 is 5.32 Å². The molecule has 1 aromatic rings. The van der Waals surface area contributed by atoms with Crippen molar-refractivity contribution in [3.63, 3.8) is 0 Å². The first kappa shape index (κ1) is 17.5. The van der Waals surface area contributed by atoms with E-state index in [2.05, 4.69) is 12.2 Å². The maximum absolute atomic E-state index is 11.4. The summed E-state index contributed by atoms with van der Waals surface area (Å²) in [5, 5.41) is 6.51. The monoisotopic (exact) mass is 245 g/mol. The molecule has 0 unspecified atom stereocenters. The molecule has 1 aromatic heterocycles. The van der Waals surface area contributed by atoms with E-state index in [0.717, 1.165) is 18.6 Å². The number of rotatable bonds is 6. The van der Waals surface area contributed by atoms with Crippen LogP contribution in [0.15, 0.2) is 16.8 Å². The van der Waals surface area contributed by atoms with Gasteiger partial charge in [0.15, 0.2) is 0 Å². The minimum atomic E-state index is -0.0219. The minimum absolute atomic E-state index is 0. The number of amides is 1. The second-order valence-corrected chi connectivity index (χ2v) is 3.66. The third-order valence-electron chi connectivity index (χ3n) is 1.66. The van der Waals surface area contributed by atoms with Crippen LogP contribution >= 0.6 is 11.3 Å². The SMILES string of the molecule is C.C.CCCOCCNC(=O)c1ccsc1. The van der Waals surface area contributed by atoms with Crippen LogP contribution in [0.4, 0.5) is 0 Å². The van der Waals surface area contributed by atoms with E-state index < -0.39 is 0 Å². The van der Waals surface area contributed by atoms with Crippen molar-refractivity contribution in [2.24, 2.45) is 0 Å². The van der Waals surface area contributed by atoms with E-state index in [1.165, 1.54) is 11.3 Å². The fourth-order valence-corrected chi connectivity index (χ4v) is 1.61. The summed E-state index contributed by atoms with van der Waals surface area (Å²) in [5.41, 5.74) is 0.727. The minimum Gasteiger partial charge on any atom is -0.380 e. The molecule has 0 aliphatic rings. The van der Waals surface area contributed by atoms with E-state index in [9.17, 15) is 4.79 Å². The predicted octanol–water partition coefficient (Wildman–Crippen LogP) is 3.18. The lowest BCUT2D eigenvalue weighted by molar-refractivity contribution is 0.0916. The van der Waals surface area contributed by atoms with Gasteiger partial charge < -0.3 is 10.1 Å². The molecular formula is C12H23NO2S. The molecule has 0 atom stereocenters. The van der Waals surface area contributed by atoms with E-state index in [4.69, 9.17) is 4.74 Å². The Bertz CT molecular complexity index is 260. The van der Waals surface area contributed by atoms with Crippen LogP contribution in [-0.4, -0.2) is 25.7 Å². The molecule has 3 nitrogen and oxygen atoms in total. The molecule has 0 aliphatic heterocycles. The predicted molar refractivity (Wildman–Crippen MR) is 71.2 cm³/mol. The standard InChI is InChI=1S/C10H15NO2S.2CH4/c1-2-5-13-6-4-11-10(12)9-3-7-14-8-9;;/h3,7-8H,2,4-6H2,1H3,(H,11,12);2*1H4. The Morgan fingerprint density at radius 1 is 1.44 bits per heavy atom. The van der Waals surface area contributed by atoms with Gasteiger partial charge in [0.05, 0.1) is 6.61 Å². The Kier molecular flexibility index (Phi) is 11.7. The molecule has 0 aromatic carbocycles. The molecular weight excluding hydrogens is 222 g/mol. The highest BCUT2D eigenvalue weighted by atomic mass is 32.1. The molecule has 1 amide bonds. The van der Waals surface area contributed by atoms with E-state index >= 15 is 0 Å². The van der Waals surface area contributed by atoms with E-state index in [1.807, 2.05) is 16.8 Å². The van der Waals surface area contributed by atoms with E-state index in [-0.39, 0.29) is 20.8 Å². The van der Waals surface area contributed by atoms with Crippen molar-refractivity contribution in [2.75, 3.05) is 19.8 Å². The Balaban J connectivity index is 0. The molecule has 0 saturated carbocycles. The van der Waals surface area contributed by atoms with Gasteiger partial charge in [-0.3, -0.25) is 4.79 Å². The second kappa shape index (κ2) is 10.6. The molecule has 16 heavy (non-hydrogen) atoms. The van der Waals surface area contributed by atoms with Gasteiger partial charge in [-0.15, -0.1) is 0 Å². The van der Waals surface area contributed by atoms with Crippen molar-refractivity contribution >= 4 is 17.2 Å². The molecule has 0 saturated heterocycles. The first-order chi connectivity index (χ1) is 6.84. The summed E-state index contributed by atoms with van der Waals surface area (Å²) < 4.78 is 5.24. The van der Waals surface area contributed by atoms with Crippen LogP contribution in [0.5, 0.6) is 0 Å². The van der Waals surface area contributed by atoms with Gasteiger partial charge in [0, 0.05) is 24.1 Å². The highest BCUT2D eigenvalue weighted by Crippen LogP contribution is 2.04. The first-order valence-electron chi connectivity index (χ1n) is 4.72. The normalized spacial score (nSPS) is 8.81. The lowest BCUT2D eigenvalue weighted by Gasteiger charge is -2.04. The second-order valence-electron chi connectivity index (χ2n) is 2.88. The number of nitrogens with one attached hydrogen (secondary N) is 1. The zero-order valence-electron chi connectivity index (χ0n) is 8.29. The number of hydrogen-bond acceptors (Lipinski definition) is 3. The molecule has 1 rings (SSSR count). The third-order valence-corrected chi connectivity index (χ3v) is 2.35. The van der Waals surface area contributed by atoms with Gasteiger partial charge in [-0.2, -0.15) is 11.3 Å². The summed E-state index contributed by atoms with van der Waals surface area (Å²) in [4.78, 5) is 11.4. The Morgan fingerprint density at radius 2 is 2.19 bits per heavy atom. The Morgan fingerprint density at radius 3 is 2.75 bits per heavy atom. The quantitative estimate of drug-likeness (QED) is 0.782. The van der Waals surface area contributed by atoms with Crippen LogP contribution in [-0.2, 0) is 4.74 Å². The fourth-order valence-electron chi connectivity index (χ4n) is 0.979. The zero-order chi connectivity index (χ0) is 10.2. The molecule has 1 N–H and O–H groups in total. The summed E-state index contributed by atoms with van der Waals surface area (Å²) in [6.07, 6.45) is 1.01. The average molecular weight is 245 g/mol. The van der Waals surface area contributed by atoms with Crippen LogP contribution in [0.25, 0.3) is 0 Å². The maximum atomic E-state index is 11.4. The van der Waals surface area contributed by atoms with E-state index in [0.29, 0.717) is 13.2 Å². The fraction of sp³-hybridized carbons (Fsp3) is 0.583. The highest BCUT2D eigenvalue weighted by molar-refractivity contribution is 7.08. The van der Waals surface area contributed by atoms with Gasteiger partial charge in [0.2, 0.25) is 0 Å². The summed E-state index contributed by atoms with van der Waals surface area (Å²) in [6.45, 7) is 3.98. The molecule has 0 radical (unpaired) electrons. The highest BCUT2D eigenvalue weighted by Gasteiger charge is 2.03. The molecule has 0 bridgehead atoms. The van der Waals surface area contributed by atoms with Crippen molar-refractivity contribution in [3.05, 3.63) is 22.4 Å². The van der Waals surface area contributed by atoms with Crippen LogP contribution in [0.3, 0.4) is 0 Å². The molecule has 0 aliphatic carbocycles. The van der Waals surface area contributed by atoms with Gasteiger partial charge in [-0.25, -0.2) is 0 Å². The average Bonchev–Trinajstić information content (AvgIpc) is 2.70. The van der Waals surface area contributed by atoms with Gasteiger partial charge in [0.1, 0.15) is 0 Å². The molecule has 0 fully saturated rings. The molecule has 0 spiro atoms. The number of carbonyl (C=O) groups is 1. The van der Waals surface area contributed by atoms with Gasteiger partial charge in [0.25, 0.3) is 5.91 Å². The smallest absolute Gasteiger partial charge is 0.252 e. The van der Waals surface area contributed by atoms with Crippen molar-refractivity contribution in [2.45, 2.75) is 28.2 Å². The molecule has 1 heterocycles. The van der Waals surface area contributed by atoms with Crippen molar-refractivity contribution in [1.29, 1.82) is 0 Å². The number of thiophene rings is 1. The largest absolute Gasteiger partial charge is 0.380 e. The van der Waals surface area contributed by atoms with Crippen LogP contribution in [0, 0.1) is 0 Å². The lowest BCUT2D eigenvalue weighted by Crippen LogP contribution is -2.26. The van der Waals surface area contributed by atoms with E-state index in [1.54, 1.807) is 0 Å². The maximum Gasteiger partial charge on any atom is 0.252 e. The van der Waals surface area contributed by atoms with Crippen molar-refractivity contribution in [3.8, 4) is 0 Å². The lowest BCUT2D eigenvalue weighted by atomic mass is 10.3. The number of carbonyl (C=O) groups excluding carboxylic acids is 1. The molecule has 94 valence electrons. The Hall–Kier alpha value is -0.870. The van der Waals surface area contributed by atoms with Gasteiger partial charge >= 0.3 is 0 Å². The summed E-state index contributed by atoms with van der Waals surface area (Å²) in [6, 6.07) is 1.81. The summed E-state index contributed by atoms with van der Waals surface area (Å²) in [5.74, 6) is -0.0219. The van der Waals surface area contributed by atoms with Crippen LogP contribution in [0.1, 0.15) is 38.6 Å². The third kappa shape index (κ3) is 6.58. The summed E-state index contributed by atoms with van der Waals surface area (Å²) >= 11 is 1.52. The number of hydrogen-bond donors (Lipinski definition) is 1. The topological polar surface area (TPSA) is 38.3 Å². The summed E-state index contributed by atoms with van der Waals surface area (Å²) in [7, 11) is 0. The van der Waals surface area contributed by atoms with Gasteiger partial charge in [-0.1, -0.05) is 21.8 Å². The number of ether oxygens (including phenoxy) is 1. The first-order valence-corrected chi connectivity index (χ1v) is 5.67. The van der Waals surface area contributed by atoms with Crippen LogP contribution in [0.2, 0.25) is 0 Å².